The molecule has 0 bridgehead atoms. The van der Waals surface area contributed by atoms with Crippen molar-refractivity contribution in [2.75, 3.05) is 0 Å². The first-order valence-corrected chi connectivity index (χ1v) is 7.25. The van der Waals surface area contributed by atoms with Gasteiger partial charge in [0.2, 0.25) is 0 Å². The molecule has 0 aromatic heterocycles. The van der Waals surface area contributed by atoms with Gasteiger partial charge < -0.3 is 5.32 Å². The minimum atomic E-state index is -0.292. The van der Waals surface area contributed by atoms with E-state index in [1.54, 1.807) is 6.07 Å². The molecule has 1 unspecified atom stereocenters. The lowest BCUT2D eigenvalue weighted by Gasteiger charge is -2.25. The zero-order valence-electron chi connectivity index (χ0n) is 11.8. The van der Waals surface area contributed by atoms with Crippen LogP contribution in [0.25, 0.3) is 0 Å². The maximum atomic E-state index is 13.3. The summed E-state index contributed by atoms with van der Waals surface area (Å²) in [6, 6.07) is 15.3. The third-order valence-corrected chi connectivity index (χ3v) is 4.12. The topological polar surface area (TPSA) is 35.8 Å². The number of benzene rings is 2. The van der Waals surface area contributed by atoms with Crippen LogP contribution in [0.5, 0.6) is 0 Å². The molecule has 1 aliphatic rings. The molecule has 106 valence electrons. The number of halogens is 1. The van der Waals surface area contributed by atoms with Crippen molar-refractivity contribution in [1.29, 1.82) is 5.26 Å². The molecule has 1 N–H and O–H groups in total. The van der Waals surface area contributed by atoms with Crippen molar-refractivity contribution in [3.63, 3.8) is 0 Å². The van der Waals surface area contributed by atoms with Gasteiger partial charge in [0.1, 0.15) is 5.82 Å². The molecule has 0 radical (unpaired) electrons. The van der Waals surface area contributed by atoms with Crippen LogP contribution in [-0.4, -0.2) is 6.04 Å². The number of fused-ring (bicyclic) bond motifs is 1. The second kappa shape index (κ2) is 6.07. The van der Waals surface area contributed by atoms with Gasteiger partial charge in [0.25, 0.3) is 0 Å². The van der Waals surface area contributed by atoms with Gasteiger partial charge in [-0.25, -0.2) is 4.39 Å². The van der Waals surface area contributed by atoms with Crippen molar-refractivity contribution in [3.8, 4) is 6.07 Å². The Morgan fingerprint density at radius 3 is 2.81 bits per heavy atom. The fourth-order valence-corrected chi connectivity index (χ4v) is 2.94. The molecular weight excluding hydrogens is 263 g/mol. The van der Waals surface area contributed by atoms with E-state index in [1.165, 1.54) is 23.3 Å². The Balaban J connectivity index is 1.67. The van der Waals surface area contributed by atoms with E-state index < -0.39 is 0 Å². The van der Waals surface area contributed by atoms with E-state index in [9.17, 15) is 4.39 Å². The first-order valence-electron chi connectivity index (χ1n) is 7.25. The molecule has 0 spiro atoms. The highest BCUT2D eigenvalue weighted by atomic mass is 19.1. The van der Waals surface area contributed by atoms with E-state index in [0.29, 0.717) is 18.2 Å². The fraction of sp³-hybridized carbons (Fsp3) is 0.278. The maximum absolute atomic E-state index is 13.3. The zero-order valence-corrected chi connectivity index (χ0v) is 11.8. The van der Waals surface area contributed by atoms with Crippen LogP contribution in [0.2, 0.25) is 0 Å². The van der Waals surface area contributed by atoms with Crippen LogP contribution in [0.15, 0.2) is 42.5 Å². The number of aryl methyl sites for hydroxylation is 1. The number of hydrogen-bond acceptors (Lipinski definition) is 2. The molecule has 2 aromatic rings. The van der Waals surface area contributed by atoms with Gasteiger partial charge in [0.05, 0.1) is 11.6 Å². The summed E-state index contributed by atoms with van der Waals surface area (Å²) in [5.41, 5.74) is 4.09. The van der Waals surface area contributed by atoms with Crippen LogP contribution in [0.4, 0.5) is 4.39 Å². The summed E-state index contributed by atoms with van der Waals surface area (Å²) in [7, 11) is 0. The van der Waals surface area contributed by atoms with Gasteiger partial charge in [-0.2, -0.15) is 5.26 Å². The number of hydrogen-bond donors (Lipinski definition) is 1. The van der Waals surface area contributed by atoms with E-state index in [0.717, 1.165) is 24.8 Å². The summed E-state index contributed by atoms with van der Waals surface area (Å²) >= 11 is 0. The van der Waals surface area contributed by atoms with Crippen molar-refractivity contribution < 1.29 is 4.39 Å². The van der Waals surface area contributed by atoms with Crippen molar-refractivity contribution in [2.45, 2.75) is 31.8 Å². The Morgan fingerprint density at radius 2 is 2.00 bits per heavy atom. The van der Waals surface area contributed by atoms with Gasteiger partial charge in [0.15, 0.2) is 0 Å². The van der Waals surface area contributed by atoms with Crippen molar-refractivity contribution in [3.05, 3.63) is 70.5 Å². The highest BCUT2D eigenvalue weighted by molar-refractivity contribution is 5.38. The number of nitrogens with one attached hydrogen (secondary N) is 1. The highest BCUT2D eigenvalue weighted by Crippen LogP contribution is 2.21. The summed E-state index contributed by atoms with van der Waals surface area (Å²) in [5.74, 6) is -0.292. The second-order valence-electron chi connectivity index (χ2n) is 5.50. The Hall–Kier alpha value is -2.18. The maximum Gasteiger partial charge on any atom is 0.123 e. The molecule has 21 heavy (non-hydrogen) atoms. The van der Waals surface area contributed by atoms with Crippen LogP contribution < -0.4 is 5.32 Å². The smallest absolute Gasteiger partial charge is 0.123 e. The standard InChI is InChI=1S/C18H17FN2/c19-17-7-5-15(11-20)16(9-17)12-21-18-8-6-13-3-1-2-4-14(13)10-18/h1-5,7,9,18,21H,6,8,10,12H2. The molecule has 3 heteroatoms. The van der Waals surface area contributed by atoms with E-state index in [4.69, 9.17) is 5.26 Å². The van der Waals surface area contributed by atoms with Crippen LogP contribution in [-0.2, 0) is 19.4 Å². The number of rotatable bonds is 3. The minimum Gasteiger partial charge on any atom is -0.310 e. The molecule has 1 aliphatic carbocycles. The third kappa shape index (κ3) is 3.12. The zero-order chi connectivity index (χ0) is 14.7. The predicted molar refractivity (Wildman–Crippen MR) is 80.2 cm³/mol. The van der Waals surface area contributed by atoms with E-state index in [-0.39, 0.29) is 5.82 Å². The predicted octanol–water partition coefficient (Wildman–Crippen LogP) is 3.34. The summed E-state index contributed by atoms with van der Waals surface area (Å²) in [6.45, 7) is 0.535. The lowest BCUT2D eigenvalue weighted by atomic mass is 9.88. The molecule has 0 fully saturated rings. The molecule has 2 aromatic carbocycles. The quantitative estimate of drug-likeness (QED) is 0.936. The molecule has 0 aliphatic heterocycles. The van der Waals surface area contributed by atoms with Crippen molar-refractivity contribution in [2.24, 2.45) is 0 Å². The van der Waals surface area contributed by atoms with E-state index in [1.807, 2.05) is 0 Å². The first kappa shape index (κ1) is 13.8. The van der Waals surface area contributed by atoms with Gasteiger partial charge in [-0.05, 0) is 54.2 Å². The van der Waals surface area contributed by atoms with Gasteiger partial charge >= 0.3 is 0 Å². The Bertz CT molecular complexity index is 688. The van der Waals surface area contributed by atoms with Gasteiger partial charge in [-0.15, -0.1) is 0 Å². The van der Waals surface area contributed by atoms with Gasteiger partial charge in [0, 0.05) is 12.6 Å². The van der Waals surface area contributed by atoms with E-state index >= 15 is 0 Å². The summed E-state index contributed by atoms with van der Waals surface area (Å²) in [5, 5.41) is 12.5. The molecule has 0 heterocycles. The minimum absolute atomic E-state index is 0.292. The van der Waals surface area contributed by atoms with Crippen LogP contribution in [0.3, 0.4) is 0 Å². The average Bonchev–Trinajstić information content (AvgIpc) is 2.53. The van der Waals surface area contributed by atoms with E-state index in [2.05, 4.69) is 35.7 Å². The van der Waals surface area contributed by atoms with Crippen LogP contribution in [0, 0.1) is 17.1 Å². The second-order valence-corrected chi connectivity index (χ2v) is 5.50. The fourth-order valence-electron chi connectivity index (χ4n) is 2.94. The van der Waals surface area contributed by atoms with Crippen LogP contribution in [0.1, 0.15) is 28.7 Å². The Kier molecular flexibility index (Phi) is 3.98. The molecule has 0 saturated heterocycles. The summed E-state index contributed by atoms with van der Waals surface area (Å²) in [6.07, 6.45) is 3.14. The Morgan fingerprint density at radius 1 is 1.19 bits per heavy atom. The van der Waals surface area contributed by atoms with Crippen molar-refractivity contribution >= 4 is 0 Å². The van der Waals surface area contributed by atoms with Gasteiger partial charge in [-0.1, -0.05) is 24.3 Å². The highest BCUT2D eigenvalue weighted by Gasteiger charge is 2.18. The van der Waals surface area contributed by atoms with Gasteiger partial charge in [-0.3, -0.25) is 0 Å². The largest absolute Gasteiger partial charge is 0.310 e. The number of nitriles is 1. The molecule has 0 saturated carbocycles. The lowest BCUT2D eigenvalue weighted by Crippen LogP contribution is -2.34. The molecule has 3 rings (SSSR count). The molecule has 1 atom stereocenters. The Labute approximate surface area is 124 Å². The average molecular weight is 280 g/mol. The SMILES string of the molecule is N#Cc1ccc(F)cc1CNC1CCc2ccccc2C1. The molecule has 0 amide bonds. The van der Waals surface area contributed by atoms with Crippen LogP contribution >= 0.6 is 0 Å². The monoisotopic (exact) mass is 280 g/mol. The normalized spacial score (nSPS) is 17.0. The molecular formula is C18H17FN2. The summed E-state index contributed by atoms with van der Waals surface area (Å²) < 4.78 is 13.3. The first-order chi connectivity index (χ1) is 10.3. The summed E-state index contributed by atoms with van der Waals surface area (Å²) in [4.78, 5) is 0. The number of nitrogens with zero attached hydrogens (tertiary/aromatic N) is 1. The van der Waals surface area contributed by atoms with Crippen molar-refractivity contribution in [1.82, 2.24) is 5.32 Å². The molecule has 2 nitrogen and oxygen atoms in total. The lowest BCUT2D eigenvalue weighted by molar-refractivity contribution is 0.456. The third-order valence-electron chi connectivity index (χ3n) is 4.12.